The maximum atomic E-state index is 12.1. The van der Waals surface area contributed by atoms with Gasteiger partial charge in [-0.15, -0.1) is 0 Å². The summed E-state index contributed by atoms with van der Waals surface area (Å²) in [5.74, 6) is 0.0218. The van der Waals surface area contributed by atoms with Crippen LogP contribution < -0.4 is 5.32 Å². The van der Waals surface area contributed by atoms with Crippen molar-refractivity contribution in [1.82, 2.24) is 19.7 Å². The van der Waals surface area contributed by atoms with Crippen LogP contribution >= 0.6 is 0 Å². The molecular formula is C15H19N5O. The fourth-order valence-electron chi connectivity index (χ4n) is 2.75. The summed E-state index contributed by atoms with van der Waals surface area (Å²) >= 11 is 0. The highest BCUT2D eigenvalue weighted by molar-refractivity contribution is 5.92. The Balaban J connectivity index is 1.54. The lowest BCUT2D eigenvalue weighted by Gasteiger charge is -2.23. The molecule has 2 aromatic rings. The number of hydrogen-bond donors (Lipinski definition) is 1. The zero-order valence-electron chi connectivity index (χ0n) is 11.9. The predicted molar refractivity (Wildman–Crippen MR) is 79.7 cm³/mol. The maximum absolute atomic E-state index is 12.1. The molecule has 110 valence electrons. The van der Waals surface area contributed by atoms with Crippen molar-refractivity contribution in [3.8, 4) is 0 Å². The van der Waals surface area contributed by atoms with Crippen LogP contribution in [0.3, 0.4) is 0 Å². The van der Waals surface area contributed by atoms with E-state index in [-0.39, 0.29) is 5.91 Å². The minimum atomic E-state index is 0.0218. The van der Waals surface area contributed by atoms with Gasteiger partial charge in [0.15, 0.2) is 0 Å². The lowest BCUT2D eigenvalue weighted by atomic mass is 10.2. The standard InChI is InChI=1S/C15H19N5O/c21-15(18-13-4-7-16-8-5-13)12-19-9-1-3-14(19)11-20-10-2-6-17-20/h2,4-8,10,14H,1,3,9,11-12H2,(H,16,18,21)/t14-/m1/s1. The van der Waals surface area contributed by atoms with Gasteiger partial charge in [-0.1, -0.05) is 0 Å². The number of aromatic nitrogens is 3. The van der Waals surface area contributed by atoms with Gasteiger partial charge in [-0.3, -0.25) is 19.4 Å². The maximum Gasteiger partial charge on any atom is 0.238 e. The highest BCUT2D eigenvalue weighted by atomic mass is 16.2. The summed E-state index contributed by atoms with van der Waals surface area (Å²) in [7, 11) is 0. The third kappa shape index (κ3) is 3.66. The van der Waals surface area contributed by atoms with Gasteiger partial charge in [-0.05, 0) is 37.6 Å². The van der Waals surface area contributed by atoms with E-state index in [1.807, 2.05) is 16.9 Å². The molecule has 1 N–H and O–H groups in total. The quantitative estimate of drug-likeness (QED) is 0.901. The number of carbonyl (C=O) groups excluding carboxylic acids is 1. The molecule has 0 spiro atoms. The van der Waals surface area contributed by atoms with Crippen molar-refractivity contribution in [1.29, 1.82) is 0 Å². The van der Waals surface area contributed by atoms with Crippen LogP contribution in [0.1, 0.15) is 12.8 Å². The molecule has 1 atom stereocenters. The molecule has 0 unspecified atom stereocenters. The Morgan fingerprint density at radius 2 is 2.19 bits per heavy atom. The van der Waals surface area contributed by atoms with Crippen molar-refractivity contribution in [3.63, 3.8) is 0 Å². The molecule has 0 aliphatic carbocycles. The molecule has 0 aromatic carbocycles. The summed E-state index contributed by atoms with van der Waals surface area (Å²) in [6.45, 7) is 2.24. The number of rotatable bonds is 5. The van der Waals surface area contributed by atoms with Crippen LogP contribution in [-0.4, -0.2) is 44.7 Å². The van der Waals surface area contributed by atoms with Crippen LogP contribution in [0.15, 0.2) is 43.0 Å². The SMILES string of the molecule is O=C(CN1CCC[C@@H]1Cn1cccn1)Nc1ccncc1. The lowest BCUT2D eigenvalue weighted by Crippen LogP contribution is -2.39. The number of carbonyl (C=O) groups is 1. The molecule has 21 heavy (non-hydrogen) atoms. The van der Waals surface area contributed by atoms with E-state index in [4.69, 9.17) is 0 Å². The van der Waals surface area contributed by atoms with Crippen LogP contribution in [0, 0.1) is 0 Å². The summed E-state index contributed by atoms with van der Waals surface area (Å²) in [5.41, 5.74) is 0.790. The van der Waals surface area contributed by atoms with Gasteiger partial charge in [-0.25, -0.2) is 0 Å². The second kappa shape index (κ2) is 6.49. The molecule has 1 fully saturated rings. The van der Waals surface area contributed by atoms with Crippen molar-refractivity contribution in [2.75, 3.05) is 18.4 Å². The number of anilines is 1. The average molecular weight is 285 g/mol. The Labute approximate surface area is 123 Å². The fourth-order valence-corrected chi connectivity index (χ4v) is 2.75. The van der Waals surface area contributed by atoms with E-state index in [1.165, 1.54) is 0 Å². The van der Waals surface area contributed by atoms with Gasteiger partial charge in [0, 0.05) is 36.5 Å². The second-order valence-corrected chi connectivity index (χ2v) is 5.28. The number of nitrogens with one attached hydrogen (secondary N) is 1. The second-order valence-electron chi connectivity index (χ2n) is 5.28. The van der Waals surface area contributed by atoms with E-state index in [9.17, 15) is 4.79 Å². The van der Waals surface area contributed by atoms with Crippen molar-refractivity contribution in [3.05, 3.63) is 43.0 Å². The smallest absolute Gasteiger partial charge is 0.238 e. The van der Waals surface area contributed by atoms with Gasteiger partial charge in [0.2, 0.25) is 5.91 Å². The summed E-state index contributed by atoms with van der Waals surface area (Å²) in [6, 6.07) is 5.90. The van der Waals surface area contributed by atoms with E-state index in [0.29, 0.717) is 12.6 Å². The Bertz CT molecular complexity index is 569. The molecule has 1 aliphatic rings. The highest BCUT2D eigenvalue weighted by Gasteiger charge is 2.26. The van der Waals surface area contributed by atoms with Crippen LogP contribution in [0.2, 0.25) is 0 Å². The number of pyridine rings is 1. The largest absolute Gasteiger partial charge is 0.325 e. The normalized spacial score (nSPS) is 18.8. The Morgan fingerprint density at radius 1 is 1.33 bits per heavy atom. The molecule has 2 aromatic heterocycles. The van der Waals surface area contributed by atoms with Crippen molar-refractivity contribution in [2.24, 2.45) is 0 Å². The third-order valence-electron chi connectivity index (χ3n) is 3.77. The molecule has 6 heteroatoms. The number of amides is 1. The van der Waals surface area contributed by atoms with Crippen LogP contribution in [0.5, 0.6) is 0 Å². The zero-order valence-corrected chi connectivity index (χ0v) is 11.9. The number of likely N-dealkylation sites (tertiary alicyclic amines) is 1. The van der Waals surface area contributed by atoms with Gasteiger partial charge < -0.3 is 5.32 Å². The average Bonchev–Trinajstić information content (AvgIpc) is 3.13. The molecule has 1 aliphatic heterocycles. The molecule has 0 radical (unpaired) electrons. The molecule has 1 amide bonds. The molecule has 1 saturated heterocycles. The Kier molecular flexibility index (Phi) is 4.25. The molecule has 3 heterocycles. The van der Waals surface area contributed by atoms with Gasteiger partial charge in [-0.2, -0.15) is 5.10 Å². The zero-order chi connectivity index (χ0) is 14.5. The Morgan fingerprint density at radius 3 is 2.95 bits per heavy atom. The van der Waals surface area contributed by atoms with Crippen molar-refractivity contribution < 1.29 is 4.79 Å². The highest BCUT2D eigenvalue weighted by Crippen LogP contribution is 2.18. The lowest BCUT2D eigenvalue weighted by molar-refractivity contribution is -0.117. The number of nitrogens with zero attached hydrogens (tertiary/aromatic N) is 4. The molecule has 0 saturated carbocycles. The minimum absolute atomic E-state index is 0.0218. The molecular weight excluding hydrogens is 266 g/mol. The van der Waals surface area contributed by atoms with E-state index in [0.717, 1.165) is 31.6 Å². The van der Waals surface area contributed by atoms with E-state index < -0.39 is 0 Å². The molecule has 3 rings (SSSR count). The van der Waals surface area contributed by atoms with Crippen LogP contribution in [0.25, 0.3) is 0 Å². The molecule has 6 nitrogen and oxygen atoms in total. The van der Waals surface area contributed by atoms with Crippen LogP contribution in [-0.2, 0) is 11.3 Å². The fraction of sp³-hybridized carbons (Fsp3) is 0.400. The van der Waals surface area contributed by atoms with E-state index in [2.05, 4.69) is 20.3 Å². The molecule has 0 bridgehead atoms. The Hall–Kier alpha value is -2.21. The first kappa shape index (κ1) is 13.8. The summed E-state index contributed by atoms with van der Waals surface area (Å²) in [6.07, 6.45) is 9.35. The van der Waals surface area contributed by atoms with Crippen molar-refractivity contribution in [2.45, 2.75) is 25.4 Å². The van der Waals surface area contributed by atoms with Gasteiger partial charge >= 0.3 is 0 Å². The van der Waals surface area contributed by atoms with Gasteiger partial charge in [0.1, 0.15) is 0 Å². The van der Waals surface area contributed by atoms with Crippen molar-refractivity contribution >= 4 is 11.6 Å². The first-order chi connectivity index (χ1) is 10.3. The number of hydrogen-bond acceptors (Lipinski definition) is 4. The first-order valence-electron chi connectivity index (χ1n) is 7.22. The third-order valence-corrected chi connectivity index (χ3v) is 3.77. The summed E-state index contributed by atoms with van der Waals surface area (Å²) in [5, 5.41) is 7.15. The van der Waals surface area contributed by atoms with E-state index >= 15 is 0 Å². The predicted octanol–water partition coefficient (Wildman–Crippen LogP) is 1.38. The summed E-state index contributed by atoms with van der Waals surface area (Å²) in [4.78, 5) is 18.3. The van der Waals surface area contributed by atoms with E-state index in [1.54, 1.807) is 30.7 Å². The minimum Gasteiger partial charge on any atom is -0.325 e. The topological polar surface area (TPSA) is 63.1 Å². The van der Waals surface area contributed by atoms with Gasteiger partial charge in [0.05, 0.1) is 13.1 Å². The first-order valence-corrected chi connectivity index (χ1v) is 7.22. The van der Waals surface area contributed by atoms with Crippen LogP contribution in [0.4, 0.5) is 5.69 Å². The van der Waals surface area contributed by atoms with Gasteiger partial charge in [0.25, 0.3) is 0 Å². The monoisotopic (exact) mass is 285 g/mol. The summed E-state index contributed by atoms with van der Waals surface area (Å²) < 4.78 is 1.93.